The van der Waals surface area contributed by atoms with E-state index in [4.69, 9.17) is 10.5 Å². The highest BCUT2D eigenvalue weighted by atomic mass is 32.1. The maximum Gasteiger partial charge on any atom is 0.142 e. The van der Waals surface area contributed by atoms with Gasteiger partial charge in [-0.1, -0.05) is 27.7 Å². The van der Waals surface area contributed by atoms with Crippen LogP contribution in [0, 0.1) is 5.92 Å². The van der Waals surface area contributed by atoms with E-state index in [2.05, 4.69) is 38.1 Å². The van der Waals surface area contributed by atoms with Crippen LogP contribution in [-0.2, 0) is 0 Å². The average molecular weight is 304 g/mol. The predicted octanol–water partition coefficient (Wildman–Crippen LogP) is 4.94. The predicted molar refractivity (Wildman–Crippen MR) is 91.0 cm³/mol. The number of nitrogen functional groups attached to an aromatic ring is 1. The molecule has 0 spiro atoms. The number of ether oxygens (including phenoxy) is 1. The van der Waals surface area contributed by atoms with E-state index in [0.717, 1.165) is 28.4 Å². The lowest BCUT2D eigenvalue weighted by atomic mass is 10.1. The number of nitrogens with zero attached hydrogens (tertiary/aromatic N) is 1. The highest BCUT2D eigenvalue weighted by Gasteiger charge is 2.09. The maximum atomic E-state index is 6.09. The number of anilines is 1. The fraction of sp³-hybridized carbons (Fsp3) is 0.471. The first-order chi connectivity index (χ1) is 9.97. The van der Waals surface area contributed by atoms with Crippen LogP contribution in [0.3, 0.4) is 0 Å². The molecule has 1 aromatic carbocycles. The number of nitrogens with two attached hydrogens (primary N) is 1. The zero-order chi connectivity index (χ0) is 15.4. The molecule has 0 atom stereocenters. The Bertz CT molecular complexity index is 590. The summed E-state index contributed by atoms with van der Waals surface area (Å²) >= 11 is 1.70. The minimum absolute atomic E-state index is 0.458. The summed E-state index contributed by atoms with van der Waals surface area (Å²) < 4.78 is 5.74. The molecular formula is C17H24N2OS. The number of hydrogen-bond acceptors (Lipinski definition) is 4. The van der Waals surface area contributed by atoms with Crippen LogP contribution in [0.2, 0.25) is 0 Å². The van der Waals surface area contributed by atoms with E-state index in [-0.39, 0.29) is 0 Å². The van der Waals surface area contributed by atoms with Crippen LogP contribution in [0.25, 0.3) is 11.3 Å². The minimum Gasteiger partial charge on any atom is -0.491 e. The van der Waals surface area contributed by atoms with Gasteiger partial charge in [-0.2, -0.15) is 0 Å². The molecule has 2 aromatic rings. The second-order valence-electron chi connectivity index (χ2n) is 6.01. The lowest BCUT2D eigenvalue weighted by Gasteiger charge is -2.11. The third-order valence-corrected chi connectivity index (χ3v) is 4.42. The van der Waals surface area contributed by atoms with Gasteiger partial charge in [0.1, 0.15) is 5.75 Å². The van der Waals surface area contributed by atoms with Crippen LogP contribution < -0.4 is 10.5 Å². The number of aromatic nitrogens is 1. The standard InChI is InChI=1S/C17H24N2OS/c1-11(2)7-8-20-16-6-5-13(9-14(16)18)15-10-21-17(19-15)12(3)4/h5-6,9-12H,7-8,18H2,1-4H3. The van der Waals surface area contributed by atoms with Gasteiger partial charge in [-0.15, -0.1) is 11.3 Å². The van der Waals surface area contributed by atoms with Crippen LogP contribution in [0.5, 0.6) is 5.75 Å². The highest BCUT2D eigenvalue weighted by molar-refractivity contribution is 7.10. The fourth-order valence-corrected chi connectivity index (χ4v) is 2.77. The lowest BCUT2D eigenvalue weighted by Crippen LogP contribution is -2.03. The molecule has 3 nitrogen and oxygen atoms in total. The molecule has 0 saturated carbocycles. The summed E-state index contributed by atoms with van der Waals surface area (Å²) in [5.74, 6) is 1.86. The van der Waals surface area contributed by atoms with Crippen molar-refractivity contribution in [1.29, 1.82) is 0 Å². The van der Waals surface area contributed by atoms with Gasteiger partial charge in [0.25, 0.3) is 0 Å². The summed E-state index contributed by atoms with van der Waals surface area (Å²) in [7, 11) is 0. The molecule has 0 aliphatic carbocycles. The van der Waals surface area contributed by atoms with Gasteiger partial charge in [0, 0.05) is 16.9 Å². The Kier molecular flexibility index (Phi) is 5.23. The van der Waals surface area contributed by atoms with Crippen molar-refractivity contribution >= 4 is 17.0 Å². The second-order valence-corrected chi connectivity index (χ2v) is 6.90. The zero-order valence-electron chi connectivity index (χ0n) is 13.2. The van der Waals surface area contributed by atoms with Crippen molar-refractivity contribution in [2.24, 2.45) is 5.92 Å². The number of benzene rings is 1. The van der Waals surface area contributed by atoms with Gasteiger partial charge in [0.15, 0.2) is 0 Å². The molecule has 4 heteroatoms. The summed E-state index contributed by atoms with van der Waals surface area (Å²) in [5.41, 5.74) is 8.81. The van der Waals surface area contributed by atoms with E-state index >= 15 is 0 Å². The van der Waals surface area contributed by atoms with Gasteiger partial charge in [-0.05, 0) is 30.5 Å². The maximum absolute atomic E-state index is 6.09. The molecule has 0 aliphatic rings. The zero-order valence-corrected chi connectivity index (χ0v) is 14.0. The van der Waals surface area contributed by atoms with Crippen molar-refractivity contribution in [3.63, 3.8) is 0 Å². The molecule has 0 bridgehead atoms. The van der Waals surface area contributed by atoms with E-state index in [0.29, 0.717) is 24.1 Å². The minimum atomic E-state index is 0.458. The summed E-state index contributed by atoms with van der Waals surface area (Å²) in [6.45, 7) is 9.38. The van der Waals surface area contributed by atoms with Crippen molar-refractivity contribution in [2.45, 2.75) is 40.0 Å². The molecule has 1 aromatic heterocycles. The van der Waals surface area contributed by atoms with Gasteiger partial charge in [-0.3, -0.25) is 0 Å². The normalized spacial score (nSPS) is 11.3. The topological polar surface area (TPSA) is 48.1 Å². The Hall–Kier alpha value is -1.55. The molecule has 0 saturated heterocycles. The lowest BCUT2D eigenvalue weighted by molar-refractivity contribution is 0.291. The Balaban J connectivity index is 2.10. The third-order valence-electron chi connectivity index (χ3n) is 3.27. The molecule has 1 heterocycles. The van der Waals surface area contributed by atoms with Gasteiger partial charge in [0.05, 0.1) is 23.0 Å². The summed E-state index contributed by atoms with van der Waals surface area (Å²) in [4.78, 5) is 4.66. The molecule has 0 aliphatic heterocycles. The first-order valence-electron chi connectivity index (χ1n) is 7.45. The molecular weight excluding hydrogens is 280 g/mol. The van der Waals surface area contributed by atoms with E-state index in [9.17, 15) is 0 Å². The molecule has 21 heavy (non-hydrogen) atoms. The molecule has 114 valence electrons. The van der Waals surface area contributed by atoms with Crippen LogP contribution >= 0.6 is 11.3 Å². The molecule has 2 N–H and O–H groups in total. The van der Waals surface area contributed by atoms with E-state index < -0.39 is 0 Å². The Morgan fingerprint density at radius 1 is 1.24 bits per heavy atom. The highest BCUT2D eigenvalue weighted by Crippen LogP contribution is 2.31. The second kappa shape index (κ2) is 6.94. The van der Waals surface area contributed by atoms with Crippen LogP contribution in [0.15, 0.2) is 23.6 Å². The summed E-state index contributed by atoms with van der Waals surface area (Å²) in [5, 5.41) is 3.24. The molecule has 0 radical (unpaired) electrons. The van der Waals surface area contributed by atoms with Crippen molar-refractivity contribution in [1.82, 2.24) is 4.98 Å². The van der Waals surface area contributed by atoms with E-state index in [1.807, 2.05) is 18.2 Å². The van der Waals surface area contributed by atoms with Crippen LogP contribution in [0.4, 0.5) is 5.69 Å². The molecule has 0 unspecified atom stereocenters. The summed E-state index contributed by atoms with van der Waals surface area (Å²) in [6.07, 6.45) is 1.03. The number of hydrogen-bond donors (Lipinski definition) is 1. The molecule has 0 fully saturated rings. The SMILES string of the molecule is CC(C)CCOc1ccc(-c2csc(C(C)C)n2)cc1N. The van der Waals surface area contributed by atoms with Crippen molar-refractivity contribution < 1.29 is 4.74 Å². The van der Waals surface area contributed by atoms with Gasteiger partial charge >= 0.3 is 0 Å². The Labute approximate surface area is 131 Å². The quantitative estimate of drug-likeness (QED) is 0.769. The Morgan fingerprint density at radius 3 is 2.57 bits per heavy atom. The monoisotopic (exact) mass is 304 g/mol. The fourth-order valence-electron chi connectivity index (χ4n) is 1.93. The average Bonchev–Trinajstić information content (AvgIpc) is 2.90. The molecule has 2 rings (SSSR count). The third kappa shape index (κ3) is 4.21. The van der Waals surface area contributed by atoms with Crippen molar-refractivity contribution in [3.05, 3.63) is 28.6 Å². The van der Waals surface area contributed by atoms with Gasteiger partial charge < -0.3 is 10.5 Å². The van der Waals surface area contributed by atoms with Gasteiger partial charge in [-0.25, -0.2) is 4.98 Å². The molecule has 0 amide bonds. The number of rotatable bonds is 6. The van der Waals surface area contributed by atoms with Gasteiger partial charge in [0.2, 0.25) is 0 Å². The largest absolute Gasteiger partial charge is 0.491 e. The first-order valence-corrected chi connectivity index (χ1v) is 8.33. The Morgan fingerprint density at radius 2 is 2.00 bits per heavy atom. The number of thiazole rings is 1. The van der Waals surface area contributed by atoms with Crippen molar-refractivity contribution in [2.75, 3.05) is 12.3 Å². The van der Waals surface area contributed by atoms with Crippen molar-refractivity contribution in [3.8, 4) is 17.0 Å². The van der Waals surface area contributed by atoms with Crippen LogP contribution in [-0.4, -0.2) is 11.6 Å². The summed E-state index contributed by atoms with van der Waals surface area (Å²) in [6, 6.07) is 5.92. The van der Waals surface area contributed by atoms with Crippen LogP contribution in [0.1, 0.15) is 45.0 Å². The smallest absolute Gasteiger partial charge is 0.142 e. The van der Waals surface area contributed by atoms with E-state index in [1.165, 1.54) is 0 Å². The van der Waals surface area contributed by atoms with E-state index in [1.54, 1.807) is 11.3 Å². The first kappa shape index (κ1) is 15.8.